The summed E-state index contributed by atoms with van der Waals surface area (Å²) in [6, 6.07) is 14.9. The van der Waals surface area contributed by atoms with Crippen LogP contribution in [0.2, 0.25) is 0 Å². The van der Waals surface area contributed by atoms with Crippen LogP contribution in [0.5, 0.6) is 5.75 Å². The van der Waals surface area contributed by atoms with Crippen molar-refractivity contribution in [1.82, 2.24) is 14.5 Å². The van der Waals surface area contributed by atoms with Crippen LogP contribution >= 0.6 is 0 Å². The first-order valence-corrected chi connectivity index (χ1v) is 12.0. The molecule has 0 saturated heterocycles. The normalized spacial score (nSPS) is 11.0. The van der Waals surface area contributed by atoms with Crippen molar-refractivity contribution < 1.29 is 43.9 Å². The first-order valence-electron chi connectivity index (χ1n) is 12.0. The number of carboxylic acids is 3. The molecule has 12 heteroatoms. The Morgan fingerprint density at radius 1 is 1.00 bits per heavy atom. The zero-order valence-corrected chi connectivity index (χ0v) is 21.4. The van der Waals surface area contributed by atoms with Crippen LogP contribution in [-0.4, -0.2) is 72.0 Å². The van der Waals surface area contributed by atoms with E-state index in [2.05, 4.69) is 26.6 Å². The van der Waals surface area contributed by atoms with Crippen LogP contribution < -0.4 is 4.74 Å². The van der Waals surface area contributed by atoms with Gasteiger partial charge < -0.3 is 29.7 Å². The Balaban J connectivity index is 0.000000349. The first-order chi connectivity index (χ1) is 18.5. The predicted molar refractivity (Wildman–Crippen MR) is 137 cm³/mol. The quantitative estimate of drug-likeness (QED) is 0.237. The fraction of sp³-hybridized carbons (Fsp3) is 0.333. The number of aliphatic hydroxyl groups is 1. The lowest BCUT2D eigenvalue weighted by molar-refractivity contribution is -0.170. The van der Waals surface area contributed by atoms with Crippen LogP contribution in [0.4, 0.5) is 4.39 Å². The molecule has 1 aromatic heterocycles. The molecule has 0 amide bonds. The molecular formula is C27H32FN3O8. The second-order valence-electron chi connectivity index (χ2n) is 8.82. The minimum atomic E-state index is -2.74. The highest BCUT2D eigenvalue weighted by Crippen LogP contribution is 2.17. The minimum Gasteiger partial charge on any atom is -0.497 e. The van der Waals surface area contributed by atoms with Crippen molar-refractivity contribution in [2.75, 3.05) is 13.7 Å². The van der Waals surface area contributed by atoms with Gasteiger partial charge in [0.05, 0.1) is 26.3 Å². The van der Waals surface area contributed by atoms with E-state index < -0.39 is 36.4 Å². The van der Waals surface area contributed by atoms with E-state index in [4.69, 9.17) is 25.2 Å². The number of aryl methyl sites for hydroxylation is 1. The van der Waals surface area contributed by atoms with Gasteiger partial charge in [-0.05, 0) is 41.8 Å². The molecule has 3 rings (SSSR count). The smallest absolute Gasteiger partial charge is 0.336 e. The standard InChI is InChI=1S/C21H24FN3O.C6H8O7/c1-26-21-5-2-4-19(14-21)16-25(12-3-11-24-13-10-23-17-24)15-18-6-8-20(22)9-7-18;7-3(8)1-6(13,5(11)12)2-4(9)10/h2,4-10,13-14,17H,3,11-12,15-16H2,1H3;13H,1-2H2,(H,7,8)(H,9,10)(H,11,12). The number of rotatable bonds is 14. The molecular weight excluding hydrogens is 513 g/mol. The number of aromatic nitrogens is 2. The SMILES string of the molecule is COc1cccc(CN(CCCn2ccnc2)Cc2ccc(F)cc2)c1.O=C(O)CC(O)(CC(=O)O)C(=O)O. The number of hydrogen-bond acceptors (Lipinski definition) is 7. The van der Waals surface area contributed by atoms with Gasteiger partial charge >= 0.3 is 17.9 Å². The van der Waals surface area contributed by atoms with E-state index in [-0.39, 0.29) is 5.82 Å². The molecule has 2 aromatic carbocycles. The van der Waals surface area contributed by atoms with Crippen LogP contribution in [0.25, 0.3) is 0 Å². The fourth-order valence-electron chi connectivity index (χ4n) is 3.70. The van der Waals surface area contributed by atoms with Crippen molar-refractivity contribution in [3.8, 4) is 5.75 Å². The summed E-state index contributed by atoms with van der Waals surface area (Å²) in [4.78, 5) is 36.9. The van der Waals surface area contributed by atoms with Crippen LogP contribution in [-0.2, 0) is 34.0 Å². The molecule has 0 atom stereocenters. The molecule has 0 aliphatic carbocycles. The molecule has 0 aliphatic heterocycles. The average molecular weight is 546 g/mol. The number of benzene rings is 2. The molecule has 0 unspecified atom stereocenters. The van der Waals surface area contributed by atoms with Gasteiger partial charge in [-0.25, -0.2) is 14.2 Å². The van der Waals surface area contributed by atoms with Gasteiger partial charge in [-0.2, -0.15) is 0 Å². The van der Waals surface area contributed by atoms with E-state index in [1.54, 1.807) is 13.3 Å². The third-order valence-electron chi connectivity index (χ3n) is 5.60. The number of carboxylic acid groups (broad SMARTS) is 3. The molecule has 0 saturated carbocycles. The number of carbonyl (C=O) groups is 3. The number of nitrogens with zero attached hydrogens (tertiary/aromatic N) is 3. The second-order valence-corrected chi connectivity index (χ2v) is 8.82. The highest BCUT2D eigenvalue weighted by atomic mass is 19.1. The Morgan fingerprint density at radius 2 is 1.64 bits per heavy atom. The van der Waals surface area contributed by atoms with Gasteiger partial charge in [-0.3, -0.25) is 14.5 Å². The Hall–Kier alpha value is -4.29. The Kier molecular flexibility index (Phi) is 12.1. The van der Waals surface area contributed by atoms with Gasteiger partial charge in [0.15, 0.2) is 5.60 Å². The van der Waals surface area contributed by atoms with Gasteiger partial charge in [0.25, 0.3) is 0 Å². The molecule has 4 N–H and O–H groups in total. The average Bonchev–Trinajstić information content (AvgIpc) is 3.38. The maximum atomic E-state index is 13.2. The van der Waals surface area contributed by atoms with Crippen LogP contribution in [0.1, 0.15) is 30.4 Å². The highest BCUT2D eigenvalue weighted by Gasteiger charge is 2.40. The fourth-order valence-corrected chi connectivity index (χ4v) is 3.70. The monoisotopic (exact) mass is 545 g/mol. The molecule has 0 fully saturated rings. The number of imidazole rings is 1. The molecule has 0 bridgehead atoms. The highest BCUT2D eigenvalue weighted by molar-refractivity contribution is 5.88. The van der Waals surface area contributed by atoms with Gasteiger partial charge in [-0.15, -0.1) is 0 Å². The van der Waals surface area contributed by atoms with Gasteiger partial charge in [0.2, 0.25) is 0 Å². The predicted octanol–water partition coefficient (Wildman–Crippen LogP) is 2.87. The van der Waals surface area contributed by atoms with E-state index in [0.29, 0.717) is 0 Å². The van der Waals surface area contributed by atoms with Crippen molar-refractivity contribution in [1.29, 1.82) is 0 Å². The summed E-state index contributed by atoms with van der Waals surface area (Å²) < 4.78 is 20.6. The molecule has 0 aliphatic rings. The topological polar surface area (TPSA) is 162 Å². The summed E-state index contributed by atoms with van der Waals surface area (Å²) in [5, 5.41) is 33.8. The molecule has 0 spiro atoms. The Labute approximate surface area is 224 Å². The Bertz CT molecular complexity index is 1190. The molecule has 39 heavy (non-hydrogen) atoms. The maximum absolute atomic E-state index is 13.2. The lowest BCUT2D eigenvalue weighted by Crippen LogP contribution is -2.42. The summed E-state index contributed by atoms with van der Waals surface area (Å²) in [5.74, 6) is -4.36. The van der Waals surface area contributed by atoms with Gasteiger partial charge in [0, 0.05) is 38.6 Å². The van der Waals surface area contributed by atoms with Crippen molar-refractivity contribution in [3.63, 3.8) is 0 Å². The van der Waals surface area contributed by atoms with E-state index in [0.717, 1.165) is 43.9 Å². The molecule has 210 valence electrons. The number of ether oxygens (including phenoxy) is 1. The zero-order chi connectivity index (χ0) is 28.8. The van der Waals surface area contributed by atoms with E-state index in [1.807, 2.05) is 36.8 Å². The van der Waals surface area contributed by atoms with E-state index in [9.17, 15) is 18.8 Å². The lowest BCUT2D eigenvalue weighted by atomic mass is 9.96. The van der Waals surface area contributed by atoms with E-state index in [1.165, 1.54) is 17.7 Å². The second kappa shape index (κ2) is 15.2. The van der Waals surface area contributed by atoms with Crippen LogP contribution in [0.15, 0.2) is 67.3 Å². The summed E-state index contributed by atoms with van der Waals surface area (Å²) in [5.41, 5.74) is -0.427. The third-order valence-corrected chi connectivity index (χ3v) is 5.60. The number of aliphatic carboxylic acids is 3. The van der Waals surface area contributed by atoms with Crippen LogP contribution in [0, 0.1) is 5.82 Å². The summed E-state index contributed by atoms with van der Waals surface area (Å²) >= 11 is 0. The summed E-state index contributed by atoms with van der Waals surface area (Å²) in [6.07, 6.45) is 4.34. The third kappa shape index (κ3) is 11.3. The lowest BCUT2D eigenvalue weighted by Gasteiger charge is -2.23. The van der Waals surface area contributed by atoms with Crippen molar-refractivity contribution in [2.24, 2.45) is 0 Å². The van der Waals surface area contributed by atoms with E-state index >= 15 is 0 Å². The molecule has 3 aromatic rings. The van der Waals surface area contributed by atoms with Gasteiger partial charge in [0.1, 0.15) is 11.6 Å². The summed E-state index contributed by atoms with van der Waals surface area (Å²) in [7, 11) is 1.68. The zero-order valence-electron chi connectivity index (χ0n) is 21.4. The Morgan fingerprint density at radius 3 is 2.18 bits per heavy atom. The van der Waals surface area contributed by atoms with Crippen molar-refractivity contribution in [3.05, 3.63) is 84.2 Å². The number of halogens is 1. The first kappa shape index (κ1) is 30.9. The number of hydrogen-bond donors (Lipinski definition) is 4. The maximum Gasteiger partial charge on any atom is 0.336 e. The van der Waals surface area contributed by atoms with Crippen molar-refractivity contribution >= 4 is 17.9 Å². The van der Waals surface area contributed by atoms with Crippen molar-refractivity contribution in [2.45, 2.75) is 44.5 Å². The molecule has 1 heterocycles. The number of methoxy groups -OCH3 is 1. The van der Waals surface area contributed by atoms with Gasteiger partial charge in [-0.1, -0.05) is 24.3 Å². The molecule has 11 nitrogen and oxygen atoms in total. The van der Waals surface area contributed by atoms with Crippen LogP contribution in [0.3, 0.4) is 0 Å². The molecule has 0 radical (unpaired) electrons. The summed E-state index contributed by atoms with van der Waals surface area (Å²) in [6.45, 7) is 3.46. The largest absolute Gasteiger partial charge is 0.497 e. The minimum absolute atomic E-state index is 0.201.